The molecule has 90 valence electrons. The minimum absolute atomic E-state index is 0.896. The highest BCUT2D eigenvalue weighted by Crippen LogP contribution is 2.24. The first-order chi connectivity index (χ1) is 7.68. The predicted octanol–water partition coefficient (Wildman–Crippen LogP) is 2.77. The fraction of sp³-hybridized carbons (Fsp3) is 0.750. The van der Waals surface area contributed by atoms with E-state index in [4.69, 9.17) is 0 Å². The highest BCUT2D eigenvalue weighted by molar-refractivity contribution is 9.10. The zero-order valence-corrected chi connectivity index (χ0v) is 11.7. The first kappa shape index (κ1) is 12.1. The van der Waals surface area contributed by atoms with Crippen LogP contribution in [0.1, 0.15) is 37.1 Å². The van der Waals surface area contributed by atoms with Gasteiger partial charge in [0.2, 0.25) is 0 Å². The van der Waals surface area contributed by atoms with Crippen LogP contribution < -0.4 is 5.32 Å². The predicted molar refractivity (Wildman–Crippen MR) is 69.3 cm³/mol. The topological polar surface area (TPSA) is 29.9 Å². The molecule has 2 rings (SSSR count). The lowest BCUT2D eigenvalue weighted by Gasteiger charge is -2.10. The molecule has 0 unspecified atom stereocenters. The third-order valence-electron chi connectivity index (χ3n) is 3.46. The van der Waals surface area contributed by atoms with Gasteiger partial charge in [0.15, 0.2) is 0 Å². The van der Waals surface area contributed by atoms with Crippen LogP contribution >= 0.6 is 15.9 Å². The summed E-state index contributed by atoms with van der Waals surface area (Å²) in [5, 5.41) is 7.94. The summed E-state index contributed by atoms with van der Waals surface area (Å²) in [6, 6.07) is 0. The van der Waals surface area contributed by atoms with Crippen LogP contribution in [-0.4, -0.2) is 16.3 Å². The van der Waals surface area contributed by atoms with E-state index < -0.39 is 0 Å². The second-order valence-corrected chi connectivity index (χ2v) is 5.54. The first-order valence-electron chi connectivity index (χ1n) is 6.07. The molecule has 1 fully saturated rings. The molecule has 3 nitrogen and oxygen atoms in total. The summed E-state index contributed by atoms with van der Waals surface area (Å²) in [4.78, 5) is 0. The highest BCUT2D eigenvalue weighted by atomic mass is 79.9. The van der Waals surface area contributed by atoms with Gasteiger partial charge in [0.1, 0.15) is 0 Å². The minimum Gasteiger partial charge on any atom is -0.311 e. The molecule has 1 aliphatic carbocycles. The van der Waals surface area contributed by atoms with Gasteiger partial charge in [0.25, 0.3) is 0 Å². The molecule has 0 radical (unpaired) electrons. The van der Waals surface area contributed by atoms with Gasteiger partial charge in [-0.05, 0) is 48.2 Å². The largest absolute Gasteiger partial charge is 0.311 e. The molecule has 0 bridgehead atoms. The Hall–Kier alpha value is -0.350. The lowest BCUT2D eigenvalue weighted by Crippen LogP contribution is -2.22. The number of hydrogen-bond donors (Lipinski definition) is 1. The van der Waals surface area contributed by atoms with Crippen LogP contribution in [0.4, 0.5) is 0 Å². The maximum atomic E-state index is 4.39. The third-order valence-corrected chi connectivity index (χ3v) is 4.49. The molecule has 1 aromatic heterocycles. The summed E-state index contributed by atoms with van der Waals surface area (Å²) in [6.45, 7) is 4.09. The van der Waals surface area contributed by atoms with Gasteiger partial charge in [-0.3, -0.25) is 4.68 Å². The number of aromatic nitrogens is 2. The number of rotatable bonds is 4. The highest BCUT2D eigenvalue weighted by Gasteiger charge is 2.15. The van der Waals surface area contributed by atoms with Crippen LogP contribution in [0.25, 0.3) is 0 Å². The number of hydrogen-bond acceptors (Lipinski definition) is 2. The Labute approximate surface area is 106 Å². The maximum absolute atomic E-state index is 4.39. The molecule has 0 spiro atoms. The van der Waals surface area contributed by atoms with Crippen LogP contribution in [0.15, 0.2) is 4.47 Å². The van der Waals surface area contributed by atoms with Gasteiger partial charge in [-0.1, -0.05) is 12.8 Å². The lowest BCUT2D eigenvalue weighted by molar-refractivity contribution is 0.481. The average molecular weight is 286 g/mol. The van der Waals surface area contributed by atoms with E-state index in [2.05, 4.69) is 26.3 Å². The van der Waals surface area contributed by atoms with E-state index >= 15 is 0 Å². The molecule has 16 heavy (non-hydrogen) atoms. The van der Waals surface area contributed by atoms with Crippen molar-refractivity contribution in [2.45, 2.75) is 39.2 Å². The summed E-state index contributed by atoms with van der Waals surface area (Å²) >= 11 is 3.59. The fourth-order valence-electron chi connectivity index (χ4n) is 2.48. The van der Waals surface area contributed by atoms with E-state index in [1.54, 1.807) is 0 Å². The number of nitrogens with one attached hydrogen (secondary N) is 1. The van der Waals surface area contributed by atoms with E-state index in [-0.39, 0.29) is 0 Å². The average Bonchev–Trinajstić information content (AvgIpc) is 2.82. The van der Waals surface area contributed by atoms with E-state index in [1.807, 2.05) is 18.7 Å². The fourth-order valence-corrected chi connectivity index (χ4v) is 2.96. The van der Waals surface area contributed by atoms with Crippen molar-refractivity contribution in [3.8, 4) is 0 Å². The summed E-state index contributed by atoms with van der Waals surface area (Å²) in [5.41, 5.74) is 2.32. The zero-order chi connectivity index (χ0) is 11.5. The minimum atomic E-state index is 0.896. The molecular weight excluding hydrogens is 266 g/mol. The zero-order valence-electron chi connectivity index (χ0n) is 10.1. The van der Waals surface area contributed by atoms with E-state index in [1.165, 1.54) is 31.4 Å². The van der Waals surface area contributed by atoms with E-state index in [9.17, 15) is 0 Å². The maximum Gasteiger partial charge on any atom is 0.0739 e. The van der Waals surface area contributed by atoms with Crippen molar-refractivity contribution in [3.05, 3.63) is 15.9 Å². The van der Waals surface area contributed by atoms with Crippen molar-refractivity contribution in [2.75, 3.05) is 6.54 Å². The Morgan fingerprint density at radius 3 is 2.69 bits per heavy atom. The van der Waals surface area contributed by atoms with Crippen LogP contribution in [0, 0.1) is 12.8 Å². The molecular formula is C12H20BrN3. The van der Waals surface area contributed by atoms with Gasteiger partial charge in [0.05, 0.1) is 15.9 Å². The molecule has 1 saturated carbocycles. The second-order valence-electron chi connectivity index (χ2n) is 4.75. The van der Waals surface area contributed by atoms with Crippen LogP contribution in [-0.2, 0) is 13.6 Å². The molecule has 1 heterocycles. The monoisotopic (exact) mass is 285 g/mol. The normalized spacial score (nSPS) is 17.2. The SMILES string of the molecule is Cc1nn(C)c(CNCC2CCCC2)c1Br. The summed E-state index contributed by atoms with van der Waals surface area (Å²) in [6.07, 6.45) is 5.64. The van der Waals surface area contributed by atoms with Gasteiger partial charge in [0, 0.05) is 13.6 Å². The standard InChI is InChI=1S/C12H20BrN3/c1-9-12(13)11(16(2)15-9)8-14-7-10-5-3-4-6-10/h10,14H,3-8H2,1-2H3. The lowest BCUT2D eigenvalue weighted by atomic mass is 10.1. The van der Waals surface area contributed by atoms with Crippen molar-refractivity contribution in [2.24, 2.45) is 13.0 Å². The Morgan fingerprint density at radius 1 is 1.44 bits per heavy atom. The molecule has 0 aromatic carbocycles. The van der Waals surface area contributed by atoms with E-state index in [0.29, 0.717) is 0 Å². The van der Waals surface area contributed by atoms with Gasteiger partial charge < -0.3 is 5.32 Å². The molecule has 4 heteroatoms. The van der Waals surface area contributed by atoms with Crippen molar-refractivity contribution in [3.63, 3.8) is 0 Å². The molecule has 0 atom stereocenters. The Balaban J connectivity index is 1.84. The van der Waals surface area contributed by atoms with Crippen LogP contribution in [0.2, 0.25) is 0 Å². The quantitative estimate of drug-likeness (QED) is 0.922. The molecule has 1 N–H and O–H groups in total. The van der Waals surface area contributed by atoms with Crippen molar-refractivity contribution in [1.29, 1.82) is 0 Å². The molecule has 1 aliphatic rings. The Bertz CT molecular complexity index is 353. The van der Waals surface area contributed by atoms with Gasteiger partial charge in [-0.25, -0.2) is 0 Å². The number of aryl methyl sites for hydroxylation is 2. The Morgan fingerprint density at radius 2 is 2.12 bits per heavy atom. The van der Waals surface area contributed by atoms with Crippen LogP contribution in [0.3, 0.4) is 0 Å². The van der Waals surface area contributed by atoms with Crippen molar-refractivity contribution < 1.29 is 0 Å². The third kappa shape index (κ3) is 2.66. The van der Waals surface area contributed by atoms with Gasteiger partial charge in [-0.15, -0.1) is 0 Å². The molecule has 0 aliphatic heterocycles. The number of halogens is 1. The smallest absolute Gasteiger partial charge is 0.0739 e. The Kier molecular flexibility index (Phi) is 4.03. The van der Waals surface area contributed by atoms with Gasteiger partial charge >= 0.3 is 0 Å². The van der Waals surface area contributed by atoms with Crippen molar-refractivity contribution >= 4 is 15.9 Å². The first-order valence-corrected chi connectivity index (χ1v) is 6.86. The van der Waals surface area contributed by atoms with Crippen molar-refractivity contribution in [1.82, 2.24) is 15.1 Å². The molecule has 0 saturated heterocycles. The van der Waals surface area contributed by atoms with Gasteiger partial charge in [-0.2, -0.15) is 5.10 Å². The summed E-state index contributed by atoms with van der Waals surface area (Å²) in [5.74, 6) is 0.896. The van der Waals surface area contributed by atoms with E-state index in [0.717, 1.165) is 29.2 Å². The molecule has 1 aromatic rings. The van der Waals surface area contributed by atoms with Crippen LogP contribution in [0.5, 0.6) is 0 Å². The summed E-state index contributed by atoms with van der Waals surface area (Å²) < 4.78 is 3.11. The number of nitrogens with zero attached hydrogens (tertiary/aromatic N) is 2. The summed E-state index contributed by atoms with van der Waals surface area (Å²) in [7, 11) is 2.00. The second kappa shape index (κ2) is 5.32. The molecule has 0 amide bonds.